The van der Waals surface area contributed by atoms with Gasteiger partial charge in [-0.3, -0.25) is 4.79 Å². The fraction of sp³-hybridized carbons (Fsp3) is 0.652. The van der Waals surface area contributed by atoms with E-state index in [1.807, 2.05) is 51.1 Å². The summed E-state index contributed by atoms with van der Waals surface area (Å²) in [6.07, 6.45) is 0.177. The zero-order valence-corrected chi connectivity index (χ0v) is 21.5. The molecule has 0 bridgehead atoms. The molecule has 168 valence electrons. The SMILES string of the molecule is CC(C)(C)OC(=O)N1CC[C@@H](SC(=O)c2ccccc2)C(O[Si](C)(C)C(C)(C)C)C1. The minimum atomic E-state index is -2.08. The Bertz CT molecular complexity index is 740. The fourth-order valence-electron chi connectivity index (χ4n) is 2.97. The first-order valence-electron chi connectivity index (χ1n) is 10.6. The highest BCUT2D eigenvalue weighted by atomic mass is 32.2. The fourth-order valence-corrected chi connectivity index (χ4v) is 5.48. The van der Waals surface area contributed by atoms with E-state index in [-0.39, 0.29) is 27.6 Å². The van der Waals surface area contributed by atoms with Crippen LogP contribution in [0.25, 0.3) is 0 Å². The Morgan fingerprint density at radius 1 is 1.07 bits per heavy atom. The molecule has 0 radical (unpaired) electrons. The molecular weight excluding hydrogens is 414 g/mol. The van der Waals surface area contributed by atoms with Crippen LogP contribution in [0.2, 0.25) is 18.1 Å². The summed E-state index contributed by atoms with van der Waals surface area (Å²) in [5.41, 5.74) is 0.157. The molecule has 7 heteroatoms. The van der Waals surface area contributed by atoms with Gasteiger partial charge in [0.15, 0.2) is 8.32 Å². The molecule has 1 amide bonds. The van der Waals surface area contributed by atoms with Crippen LogP contribution in [0, 0.1) is 0 Å². The van der Waals surface area contributed by atoms with Crippen molar-refractivity contribution in [2.75, 3.05) is 13.1 Å². The molecule has 1 aliphatic rings. The van der Waals surface area contributed by atoms with Gasteiger partial charge in [-0.1, -0.05) is 62.9 Å². The number of benzene rings is 1. The summed E-state index contributed by atoms with van der Waals surface area (Å²) in [6, 6.07) is 9.35. The molecule has 2 atom stereocenters. The van der Waals surface area contributed by atoms with E-state index in [1.54, 1.807) is 4.90 Å². The maximum Gasteiger partial charge on any atom is 0.410 e. The first kappa shape index (κ1) is 25.0. The van der Waals surface area contributed by atoms with Crippen LogP contribution in [0.15, 0.2) is 30.3 Å². The van der Waals surface area contributed by atoms with E-state index in [4.69, 9.17) is 9.16 Å². The molecule has 1 aliphatic heterocycles. The van der Waals surface area contributed by atoms with Gasteiger partial charge in [-0.25, -0.2) is 4.79 Å². The smallest absolute Gasteiger partial charge is 0.410 e. The first-order valence-corrected chi connectivity index (χ1v) is 14.4. The molecule has 5 nitrogen and oxygen atoms in total. The molecule has 2 rings (SSSR count). The summed E-state index contributed by atoms with van der Waals surface area (Å²) >= 11 is 1.34. The van der Waals surface area contributed by atoms with Crippen molar-refractivity contribution in [3.8, 4) is 0 Å². The second-order valence-corrected chi connectivity index (χ2v) is 16.4. The van der Waals surface area contributed by atoms with Crippen molar-refractivity contribution in [2.45, 2.75) is 83.1 Å². The van der Waals surface area contributed by atoms with Crippen LogP contribution in [0.3, 0.4) is 0 Å². The highest BCUT2D eigenvalue weighted by Gasteiger charge is 2.44. The standard InChI is InChI=1S/C23H37NO4SSi/c1-22(2,3)27-21(26)24-15-14-19(29-20(25)17-12-10-9-11-13-17)18(16-24)28-30(7,8)23(4,5)6/h9-13,18-19H,14-16H2,1-8H3/t18?,19-/m1/s1. The molecule has 1 heterocycles. The third-order valence-corrected chi connectivity index (χ3v) is 11.5. The summed E-state index contributed by atoms with van der Waals surface area (Å²) in [7, 11) is -2.08. The van der Waals surface area contributed by atoms with E-state index >= 15 is 0 Å². The van der Waals surface area contributed by atoms with Crippen LogP contribution in [0.5, 0.6) is 0 Å². The van der Waals surface area contributed by atoms with E-state index in [2.05, 4.69) is 33.9 Å². The number of thioether (sulfide) groups is 1. The number of rotatable bonds is 4. The third kappa shape index (κ3) is 6.85. The molecule has 1 unspecified atom stereocenters. The van der Waals surface area contributed by atoms with Gasteiger partial charge in [-0.2, -0.15) is 0 Å². The molecule has 1 aromatic carbocycles. The topological polar surface area (TPSA) is 55.8 Å². The predicted molar refractivity (Wildman–Crippen MR) is 127 cm³/mol. The van der Waals surface area contributed by atoms with Crippen molar-refractivity contribution in [1.29, 1.82) is 0 Å². The summed E-state index contributed by atoms with van der Waals surface area (Å²) in [5.74, 6) is 0. The minimum Gasteiger partial charge on any atom is -0.444 e. The van der Waals surface area contributed by atoms with Crippen LogP contribution in [-0.4, -0.2) is 54.5 Å². The number of carbonyl (C=O) groups is 2. The van der Waals surface area contributed by atoms with Crippen LogP contribution in [0.1, 0.15) is 58.3 Å². The van der Waals surface area contributed by atoms with Crippen molar-refractivity contribution in [3.05, 3.63) is 35.9 Å². The number of likely N-dealkylation sites (tertiary alicyclic amines) is 1. The normalized spacial score (nSPS) is 20.7. The molecule has 0 aliphatic carbocycles. The minimum absolute atomic E-state index is 0.00511. The van der Waals surface area contributed by atoms with Crippen molar-refractivity contribution >= 4 is 31.3 Å². The third-order valence-electron chi connectivity index (χ3n) is 5.67. The quantitative estimate of drug-likeness (QED) is 0.529. The van der Waals surface area contributed by atoms with Crippen molar-refractivity contribution in [3.63, 3.8) is 0 Å². The van der Waals surface area contributed by atoms with Crippen molar-refractivity contribution < 1.29 is 18.8 Å². The van der Waals surface area contributed by atoms with Crippen LogP contribution < -0.4 is 0 Å². The van der Waals surface area contributed by atoms with Crippen molar-refractivity contribution in [2.24, 2.45) is 0 Å². The van der Waals surface area contributed by atoms with Gasteiger partial charge >= 0.3 is 6.09 Å². The second-order valence-electron chi connectivity index (χ2n) is 10.4. The highest BCUT2D eigenvalue weighted by molar-refractivity contribution is 8.14. The van der Waals surface area contributed by atoms with E-state index in [1.165, 1.54) is 11.8 Å². The Morgan fingerprint density at radius 3 is 2.20 bits per heavy atom. The first-order chi connectivity index (χ1) is 13.7. The molecular formula is C23H37NO4SSi. The van der Waals surface area contributed by atoms with E-state index < -0.39 is 13.9 Å². The van der Waals surface area contributed by atoms with Gasteiger partial charge in [0.25, 0.3) is 0 Å². The zero-order chi connectivity index (χ0) is 22.7. The lowest BCUT2D eigenvalue weighted by Gasteiger charge is -2.45. The predicted octanol–water partition coefficient (Wildman–Crippen LogP) is 5.96. The van der Waals surface area contributed by atoms with Crippen LogP contribution >= 0.6 is 11.8 Å². The van der Waals surface area contributed by atoms with E-state index in [9.17, 15) is 9.59 Å². The average Bonchev–Trinajstić information content (AvgIpc) is 2.61. The Morgan fingerprint density at radius 2 is 1.67 bits per heavy atom. The van der Waals surface area contributed by atoms with Crippen LogP contribution in [0.4, 0.5) is 4.79 Å². The van der Waals surface area contributed by atoms with Gasteiger partial charge in [-0.15, -0.1) is 0 Å². The number of nitrogens with zero attached hydrogens (tertiary/aromatic N) is 1. The van der Waals surface area contributed by atoms with Gasteiger partial charge < -0.3 is 14.1 Å². The Balaban J connectivity index is 2.19. The second kappa shape index (κ2) is 9.45. The van der Waals surface area contributed by atoms with E-state index in [0.29, 0.717) is 25.1 Å². The van der Waals surface area contributed by atoms with Crippen LogP contribution in [-0.2, 0) is 9.16 Å². The monoisotopic (exact) mass is 451 g/mol. The number of hydrogen-bond acceptors (Lipinski definition) is 5. The highest BCUT2D eigenvalue weighted by Crippen LogP contribution is 2.40. The number of carbonyl (C=O) groups excluding carboxylic acids is 2. The molecule has 1 saturated heterocycles. The van der Waals surface area contributed by atoms with Gasteiger partial charge in [0, 0.05) is 17.4 Å². The Kier molecular flexibility index (Phi) is 7.86. The number of piperidine rings is 1. The zero-order valence-electron chi connectivity index (χ0n) is 19.7. The molecule has 1 fully saturated rings. The van der Waals surface area contributed by atoms with Crippen molar-refractivity contribution in [1.82, 2.24) is 4.90 Å². The maximum atomic E-state index is 12.8. The largest absolute Gasteiger partial charge is 0.444 e. The number of ether oxygens (including phenoxy) is 1. The molecule has 0 saturated carbocycles. The summed E-state index contributed by atoms with van der Waals surface area (Å²) < 4.78 is 12.3. The summed E-state index contributed by atoms with van der Waals surface area (Å²) in [5, 5.41) is 0.0977. The summed E-state index contributed by atoms with van der Waals surface area (Å²) in [6.45, 7) is 17.6. The molecule has 0 aromatic heterocycles. The Labute approximate surface area is 187 Å². The maximum absolute atomic E-state index is 12.8. The Hall–Kier alpha value is -1.31. The van der Waals surface area contributed by atoms with Gasteiger partial charge in [0.1, 0.15) is 5.60 Å². The van der Waals surface area contributed by atoms with E-state index in [0.717, 1.165) is 0 Å². The molecule has 0 N–H and O–H groups in total. The number of hydrogen-bond donors (Lipinski definition) is 0. The summed E-state index contributed by atoms with van der Waals surface area (Å²) in [4.78, 5) is 27.2. The van der Waals surface area contributed by atoms with Gasteiger partial charge in [0.05, 0.1) is 12.6 Å². The van der Waals surface area contributed by atoms with Gasteiger partial charge in [0.2, 0.25) is 5.12 Å². The molecule has 0 spiro atoms. The lowest BCUT2D eigenvalue weighted by molar-refractivity contribution is 0.00726. The lowest BCUT2D eigenvalue weighted by Crippen LogP contribution is -2.55. The number of amides is 1. The lowest BCUT2D eigenvalue weighted by atomic mass is 10.1. The average molecular weight is 452 g/mol. The molecule has 30 heavy (non-hydrogen) atoms. The van der Waals surface area contributed by atoms with Gasteiger partial charge in [-0.05, 0) is 45.3 Å². The molecule has 1 aromatic rings.